The van der Waals surface area contributed by atoms with Crippen molar-refractivity contribution in [2.24, 2.45) is 5.41 Å². The highest BCUT2D eigenvalue weighted by Gasteiger charge is 2.69. The lowest BCUT2D eigenvalue weighted by Gasteiger charge is -2.40. The number of likely N-dealkylation sites (tertiary alicyclic amines) is 1. The minimum Gasteiger partial charge on any atom is -0.425 e. The van der Waals surface area contributed by atoms with Crippen molar-refractivity contribution in [3.8, 4) is 0 Å². The Bertz CT molecular complexity index is 1620. The smallest absolute Gasteiger partial charge is 0.324 e. The van der Waals surface area contributed by atoms with E-state index >= 15 is 0 Å². The zero-order valence-corrected chi connectivity index (χ0v) is 24.6. The Labute approximate surface area is 254 Å². The molecule has 1 saturated carbocycles. The van der Waals surface area contributed by atoms with Gasteiger partial charge in [-0.05, 0) is 37.0 Å². The summed E-state index contributed by atoms with van der Waals surface area (Å²) in [6.07, 6.45) is 7.45. The molecule has 1 aliphatic carbocycles. The molecule has 2 aliphatic heterocycles. The van der Waals surface area contributed by atoms with Crippen LogP contribution >= 0.6 is 0 Å². The molecule has 43 heavy (non-hydrogen) atoms. The number of carbonyl (C=O) groups is 2. The van der Waals surface area contributed by atoms with Crippen molar-refractivity contribution < 1.29 is 14.3 Å². The predicted molar refractivity (Wildman–Crippen MR) is 169 cm³/mol. The van der Waals surface area contributed by atoms with E-state index in [2.05, 4.69) is 60.4 Å². The Morgan fingerprint density at radius 2 is 1.35 bits per heavy atom. The zero-order chi connectivity index (χ0) is 29.4. The Balaban J connectivity index is 1.53. The van der Waals surface area contributed by atoms with Gasteiger partial charge in [0.05, 0.1) is 6.04 Å². The Kier molecular flexibility index (Phi) is 7.32. The molecule has 0 N–H and O–H groups in total. The second kappa shape index (κ2) is 11.4. The summed E-state index contributed by atoms with van der Waals surface area (Å²) in [5, 5.41) is 0. The number of ether oxygens (including phenoxy) is 1. The van der Waals surface area contributed by atoms with E-state index in [0.29, 0.717) is 11.3 Å². The number of esters is 1. The van der Waals surface area contributed by atoms with E-state index in [-0.39, 0.29) is 29.8 Å². The third-order valence-corrected chi connectivity index (χ3v) is 9.77. The Morgan fingerprint density at radius 1 is 0.744 bits per heavy atom. The lowest BCUT2D eigenvalue weighted by Crippen LogP contribution is -2.52. The largest absolute Gasteiger partial charge is 0.425 e. The van der Waals surface area contributed by atoms with Gasteiger partial charge in [-0.15, -0.1) is 0 Å². The fraction of sp³-hybridized carbons (Fsp3) is 0.282. The van der Waals surface area contributed by atoms with Gasteiger partial charge in [-0.3, -0.25) is 14.5 Å². The fourth-order valence-corrected chi connectivity index (χ4v) is 7.83. The minimum atomic E-state index is -1.22. The molecule has 0 unspecified atom stereocenters. The third-order valence-electron chi connectivity index (χ3n) is 9.77. The van der Waals surface area contributed by atoms with E-state index in [9.17, 15) is 9.59 Å². The molecule has 216 valence electrons. The summed E-state index contributed by atoms with van der Waals surface area (Å²) >= 11 is 0. The summed E-state index contributed by atoms with van der Waals surface area (Å²) in [6.45, 7) is 2.08. The molecule has 0 amide bonds. The summed E-state index contributed by atoms with van der Waals surface area (Å²) < 4.78 is 6.24. The number of hydrogen-bond acceptors (Lipinski definition) is 4. The lowest BCUT2D eigenvalue weighted by atomic mass is 9.66. The average molecular weight is 568 g/mol. The van der Waals surface area contributed by atoms with Crippen molar-refractivity contribution in [3.05, 3.63) is 149 Å². The molecule has 4 aromatic rings. The quantitative estimate of drug-likeness (QED) is 0.174. The van der Waals surface area contributed by atoms with Crippen molar-refractivity contribution in [1.82, 2.24) is 4.90 Å². The van der Waals surface area contributed by atoms with Gasteiger partial charge >= 0.3 is 5.97 Å². The van der Waals surface area contributed by atoms with E-state index in [0.717, 1.165) is 47.9 Å². The number of rotatable bonds is 6. The van der Waals surface area contributed by atoms with Crippen molar-refractivity contribution >= 4 is 17.5 Å². The first kappa shape index (κ1) is 27.5. The van der Waals surface area contributed by atoms with Gasteiger partial charge < -0.3 is 4.74 Å². The number of Topliss-reactive ketones (excluding diaryl/α,β-unsaturated/α-hetero) is 1. The fourth-order valence-electron chi connectivity index (χ4n) is 7.83. The first-order valence-corrected chi connectivity index (χ1v) is 15.6. The third kappa shape index (κ3) is 4.74. The normalized spacial score (nSPS) is 25.9. The highest BCUT2D eigenvalue weighted by molar-refractivity contribution is 6.07. The molecule has 1 spiro atoms. The van der Waals surface area contributed by atoms with Crippen LogP contribution in [0.1, 0.15) is 76.7 Å². The monoisotopic (exact) mass is 567 g/mol. The van der Waals surface area contributed by atoms with Gasteiger partial charge in [0.25, 0.3) is 0 Å². The maximum absolute atomic E-state index is 15.0. The van der Waals surface area contributed by atoms with Crippen LogP contribution in [-0.4, -0.2) is 28.7 Å². The van der Waals surface area contributed by atoms with Crippen molar-refractivity contribution in [3.63, 3.8) is 0 Å². The number of cyclic esters (lactones) is 1. The molecule has 2 fully saturated rings. The van der Waals surface area contributed by atoms with Gasteiger partial charge in [0, 0.05) is 29.1 Å². The molecular formula is C39H37NO3. The van der Waals surface area contributed by atoms with Gasteiger partial charge in [0.1, 0.15) is 11.2 Å². The van der Waals surface area contributed by atoms with E-state index < -0.39 is 11.5 Å². The molecule has 4 nitrogen and oxygen atoms in total. The number of hydrogen-bond donors (Lipinski definition) is 0. The maximum Gasteiger partial charge on any atom is 0.324 e. The van der Waals surface area contributed by atoms with E-state index in [1.165, 1.54) is 6.42 Å². The second-order valence-electron chi connectivity index (χ2n) is 12.3. The Morgan fingerprint density at radius 3 is 2.00 bits per heavy atom. The molecule has 0 bridgehead atoms. The first-order chi connectivity index (χ1) is 21.1. The second-order valence-corrected chi connectivity index (χ2v) is 12.3. The topological polar surface area (TPSA) is 46.6 Å². The minimum absolute atomic E-state index is 0.0239. The molecule has 0 radical (unpaired) electrons. The first-order valence-electron chi connectivity index (χ1n) is 15.6. The zero-order valence-electron chi connectivity index (χ0n) is 24.6. The number of benzene rings is 4. The van der Waals surface area contributed by atoms with Crippen LogP contribution in [0.15, 0.2) is 121 Å². The van der Waals surface area contributed by atoms with Crippen LogP contribution in [0, 0.1) is 12.3 Å². The van der Waals surface area contributed by atoms with Crippen LogP contribution in [0.4, 0.5) is 0 Å². The van der Waals surface area contributed by atoms with Crippen LogP contribution in [0.5, 0.6) is 0 Å². The molecule has 4 atom stereocenters. The van der Waals surface area contributed by atoms with Crippen LogP contribution in [0.25, 0.3) is 5.76 Å². The summed E-state index contributed by atoms with van der Waals surface area (Å²) in [5.41, 5.74) is 3.57. The van der Waals surface area contributed by atoms with Crippen LogP contribution < -0.4 is 0 Å². The molecule has 4 aromatic carbocycles. The average Bonchev–Trinajstić information content (AvgIpc) is 3.57. The molecule has 2 heterocycles. The SMILES string of the molecule is Cc1ccc([C@@H]2[C@@H](c3ccccc3)N(C3CCCCC3)[C@H](C(=O)c3ccccc3)[C@]23C=C(c2ccccc2)OC3=O)cc1. The molecule has 0 aromatic heterocycles. The van der Waals surface area contributed by atoms with Crippen LogP contribution in [0.3, 0.4) is 0 Å². The van der Waals surface area contributed by atoms with Crippen LogP contribution in [0.2, 0.25) is 0 Å². The van der Waals surface area contributed by atoms with E-state index in [4.69, 9.17) is 4.74 Å². The maximum atomic E-state index is 15.0. The molecule has 3 aliphatic rings. The molecular weight excluding hydrogens is 530 g/mol. The molecule has 7 rings (SSSR count). The number of carbonyl (C=O) groups excluding carboxylic acids is 2. The summed E-state index contributed by atoms with van der Waals surface area (Å²) in [7, 11) is 0. The van der Waals surface area contributed by atoms with Gasteiger partial charge in [0.15, 0.2) is 5.78 Å². The number of ketones is 1. The van der Waals surface area contributed by atoms with E-state index in [1.54, 1.807) is 0 Å². The highest BCUT2D eigenvalue weighted by Crippen LogP contribution is 2.63. The number of aryl methyl sites for hydroxylation is 1. The predicted octanol–water partition coefficient (Wildman–Crippen LogP) is 8.30. The standard InChI is InChI=1S/C39H37NO3/c1-27-22-24-29(25-23-27)34-35(30-16-8-3-9-17-30)40(32-20-12-5-13-21-32)37(36(41)31-18-10-4-11-19-31)39(34)26-33(43-38(39)42)28-14-6-2-7-15-28/h2-4,6-11,14-19,22-26,32,34-35,37H,5,12-13,20-21H2,1H3/t34-,35-,37-,39+/m1/s1. The summed E-state index contributed by atoms with van der Waals surface area (Å²) in [6, 6.07) is 37.6. The van der Waals surface area contributed by atoms with Gasteiger partial charge in [-0.2, -0.15) is 0 Å². The molecule has 4 heteroatoms. The summed E-state index contributed by atoms with van der Waals surface area (Å²) in [5.74, 6) is -0.163. The Hall–Kier alpha value is -4.28. The van der Waals surface area contributed by atoms with Gasteiger partial charge in [0.2, 0.25) is 0 Å². The van der Waals surface area contributed by atoms with E-state index in [1.807, 2.05) is 72.8 Å². The number of nitrogens with zero attached hydrogens (tertiary/aromatic N) is 1. The van der Waals surface area contributed by atoms with Crippen LogP contribution in [-0.2, 0) is 9.53 Å². The van der Waals surface area contributed by atoms with Gasteiger partial charge in [-0.25, -0.2) is 0 Å². The van der Waals surface area contributed by atoms with Gasteiger partial charge in [-0.1, -0.05) is 140 Å². The molecule has 1 saturated heterocycles. The highest BCUT2D eigenvalue weighted by atomic mass is 16.5. The van der Waals surface area contributed by atoms with Crippen molar-refractivity contribution in [2.45, 2.75) is 63.1 Å². The van der Waals surface area contributed by atoms with Crippen molar-refractivity contribution in [1.29, 1.82) is 0 Å². The lowest BCUT2D eigenvalue weighted by molar-refractivity contribution is -0.144. The summed E-state index contributed by atoms with van der Waals surface area (Å²) in [4.78, 5) is 32.2. The van der Waals surface area contributed by atoms with Crippen molar-refractivity contribution in [2.75, 3.05) is 0 Å².